The molecule has 0 spiro atoms. The molecule has 5 heteroatoms. The second-order valence-corrected chi connectivity index (χ2v) is 9.00. The Balaban J connectivity index is 0.0000102. The van der Waals surface area contributed by atoms with Crippen molar-refractivity contribution in [2.75, 3.05) is 6.61 Å². The zero-order chi connectivity index (χ0) is 23.3. The molecule has 0 aliphatic heterocycles. The second kappa shape index (κ2) is 23.2. The van der Waals surface area contributed by atoms with Crippen molar-refractivity contribution >= 4 is 49.7 Å². The number of ether oxygens (including phenoxy) is 1. The number of hydrogen-bond acceptors (Lipinski definition) is 3. The Morgan fingerprint density at radius 1 is 0.636 bits per heavy atom. The average Bonchev–Trinajstić information content (AvgIpc) is 2.80. The molecule has 33 heavy (non-hydrogen) atoms. The van der Waals surface area contributed by atoms with E-state index in [1.807, 2.05) is 0 Å². The van der Waals surface area contributed by atoms with Gasteiger partial charge in [-0.15, -0.1) is 0 Å². The zero-order valence-electron chi connectivity index (χ0n) is 20.4. The molecule has 1 N–H and O–H groups in total. The summed E-state index contributed by atoms with van der Waals surface area (Å²) in [5.74, 6) is -1.65. The van der Waals surface area contributed by atoms with Gasteiger partial charge in [-0.2, -0.15) is 0 Å². The molecule has 0 heterocycles. The van der Waals surface area contributed by atoms with Crippen LogP contribution in [0.2, 0.25) is 0 Å². The van der Waals surface area contributed by atoms with E-state index in [0.29, 0.717) is 6.61 Å². The summed E-state index contributed by atoms with van der Waals surface area (Å²) in [5, 5.41) is 9.14. The van der Waals surface area contributed by atoms with Crippen molar-refractivity contribution in [3.8, 4) is 0 Å². The third kappa shape index (κ3) is 17.5. The number of rotatable bonds is 21. The summed E-state index contributed by atoms with van der Waals surface area (Å²) in [7, 11) is 0. The summed E-state index contributed by atoms with van der Waals surface area (Å²) in [5.41, 5.74) is 0.123. The average molecular weight is 489 g/mol. The summed E-state index contributed by atoms with van der Waals surface area (Å²) in [6.07, 6.45) is 23.8. The predicted molar refractivity (Wildman–Crippen MR) is 141 cm³/mol. The van der Waals surface area contributed by atoms with E-state index in [9.17, 15) is 9.59 Å². The van der Waals surface area contributed by atoms with Crippen molar-refractivity contribution in [1.29, 1.82) is 0 Å². The normalized spacial score (nSPS) is 10.6. The Labute approximate surface area is 232 Å². The van der Waals surface area contributed by atoms with Crippen LogP contribution in [0.1, 0.15) is 143 Å². The fourth-order valence-corrected chi connectivity index (χ4v) is 4.09. The number of carboxylic acids is 1. The standard InChI is InChI=1S/C28H46O4.Ca.2H/c1-2-3-4-5-6-7-8-9-10-11-12-13-14-15-16-17-18-21-24-32-28(31)26-23-20-19-22-25(26)27(29)30;;;/h19-20,22-23H,2-18,21,24H2,1H3,(H,29,30);;;. The molecule has 1 aromatic carbocycles. The molecule has 0 amide bonds. The first-order valence-corrected chi connectivity index (χ1v) is 13.2. The van der Waals surface area contributed by atoms with Gasteiger partial charge in [0.2, 0.25) is 0 Å². The van der Waals surface area contributed by atoms with Crippen LogP contribution in [0.4, 0.5) is 0 Å². The van der Waals surface area contributed by atoms with Crippen molar-refractivity contribution in [2.24, 2.45) is 0 Å². The van der Waals surface area contributed by atoms with Gasteiger partial charge < -0.3 is 9.84 Å². The number of carbonyl (C=O) groups excluding carboxylic acids is 1. The van der Waals surface area contributed by atoms with Gasteiger partial charge in [0.05, 0.1) is 17.7 Å². The summed E-state index contributed by atoms with van der Waals surface area (Å²) < 4.78 is 5.25. The van der Waals surface area contributed by atoms with Crippen molar-refractivity contribution in [1.82, 2.24) is 0 Å². The monoisotopic (exact) mass is 488 g/mol. The Hall–Kier alpha value is -0.580. The summed E-state index contributed by atoms with van der Waals surface area (Å²) >= 11 is 0. The second-order valence-electron chi connectivity index (χ2n) is 9.00. The number of hydrogen-bond donors (Lipinski definition) is 1. The molecule has 1 aromatic rings. The number of carboxylic acid groups (broad SMARTS) is 1. The van der Waals surface area contributed by atoms with Crippen LogP contribution in [0.25, 0.3) is 0 Å². The van der Waals surface area contributed by atoms with Gasteiger partial charge in [-0.1, -0.05) is 128 Å². The predicted octanol–water partition coefficient (Wildman–Crippen LogP) is 7.67. The van der Waals surface area contributed by atoms with Gasteiger partial charge in [-0.25, -0.2) is 9.59 Å². The van der Waals surface area contributed by atoms with E-state index in [-0.39, 0.29) is 48.9 Å². The van der Waals surface area contributed by atoms with Gasteiger partial charge >= 0.3 is 49.7 Å². The van der Waals surface area contributed by atoms with E-state index < -0.39 is 11.9 Å². The molecule has 1 rings (SSSR count). The van der Waals surface area contributed by atoms with Gasteiger partial charge in [0.25, 0.3) is 0 Å². The van der Waals surface area contributed by atoms with Crippen LogP contribution in [-0.2, 0) is 4.74 Å². The van der Waals surface area contributed by atoms with E-state index in [2.05, 4.69) is 6.92 Å². The topological polar surface area (TPSA) is 63.6 Å². The van der Waals surface area contributed by atoms with E-state index >= 15 is 0 Å². The van der Waals surface area contributed by atoms with E-state index in [1.165, 1.54) is 115 Å². The molecule has 0 radical (unpaired) electrons. The number of carbonyl (C=O) groups is 2. The molecule has 0 saturated carbocycles. The minimum atomic E-state index is -1.11. The molecule has 0 aromatic heterocycles. The fraction of sp³-hybridized carbons (Fsp3) is 0.714. The molecule has 4 nitrogen and oxygen atoms in total. The minimum absolute atomic E-state index is 0. The fourth-order valence-electron chi connectivity index (χ4n) is 4.09. The van der Waals surface area contributed by atoms with E-state index in [4.69, 9.17) is 9.84 Å². The SMILES string of the molecule is CCCCCCCCCCCCCCCCCCCCOC(=O)c1ccccc1C(=O)O.[CaH2]. The first-order valence-electron chi connectivity index (χ1n) is 13.2. The summed E-state index contributed by atoms with van der Waals surface area (Å²) in [4.78, 5) is 23.2. The maximum atomic E-state index is 12.1. The molecule has 0 atom stereocenters. The van der Waals surface area contributed by atoms with Gasteiger partial charge in [-0.3, -0.25) is 0 Å². The van der Waals surface area contributed by atoms with Crippen LogP contribution in [0.3, 0.4) is 0 Å². The maximum absolute atomic E-state index is 12.1. The Bertz CT molecular complexity index is 618. The molecular formula is C28H48CaO4. The summed E-state index contributed by atoms with van der Waals surface area (Å²) in [6.45, 7) is 2.63. The van der Waals surface area contributed by atoms with Crippen LogP contribution in [-0.4, -0.2) is 61.4 Å². The first kappa shape index (κ1) is 32.4. The van der Waals surface area contributed by atoms with Crippen LogP contribution < -0.4 is 0 Å². The molecule has 0 bridgehead atoms. The zero-order valence-corrected chi connectivity index (χ0v) is 20.4. The molecular weight excluding hydrogens is 440 g/mol. The van der Waals surface area contributed by atoms with Crippen molar-refractivity contribution in [3.63, 3.8) is 0 Å². The van der Waals surface area contributed by atoms with E-state index in [0.717, 1.165) is 12.8 Å². The molecule has 0 aliphatic rings. The Morgan fingerprint density at radius 3 is 1.39 bits per heavy atom. The van der Waals surface area contributed by atoms with Crippen molar-refractivity contribution in [2.45, 2.75) is 122 Å². The van der Waals surface area contributed by atoms with Gasteiger partial charge in [0.1, 0.15) is 0 Å². The number of aromatic carboxylic acids is 1. The van der Waals surface area contributed by atoms with Crippen LogP contribution in [0, 0.1) is 0 Å². The van der Waals surface area contributed by atoms with Gasteiger partial charge in [0.15, 0.2) is 0 Å². The number of benzene rings is 1. The first-order chi connectivity index (χ1) is 15.7. The van der Waals surface area contributed by atoms with Crippen LogP contribution >= 0.6 is 0 Å². The van der Waals surface area contributed by atoms with Crippen molar-refractivity contribution in [3.05, 3.63) is 35.4 Å². The molecule has 0 unspecified atom stereocenters. The number of esters is 1. The van der Waals surface area contributed by atoms with Gasteiger partial charge in [0, 0.05) is 0 Å². The quantitative estimate of drug-likeness (QED) is 0.110. The van der Waals surface area contributed by atoms with E-state index in [1.54, 1.807) is 12.1 Å². The van der Waals surface area contributed by atoms with Gasteiger partial charge in [-0.05, 0) is 18.6 Å². The molecule has 0 fully saturated rings. The van der Waals surface area contributed by atoms with Crippen LogP contribution in [0.15, 0.2) is 24.3 Å². The Morgan fingerprint density at radius 2 is 1.00 bits per heavy atom. The van der Waals surface area contributed by atoms with Crippen LogP contribution in [0.5, 0.6) is 0 Å². The molecule has 0 saturated heterocycles. The Kier molecular flexibility index (Phi) is 22.8. The third-order valence-electron chi connectivity index (χ3n) is 6.11. The third-order valence-corrected chi connectivity index (χ3v) is 6.11. The number of unbranched alkanes of at least 4 members (excludes halogenated alkanes) is 17. The van der Waals surface area contributed by atoms with Crippen molar-refractivity contribution < 1.29 is 19.4 Å². The molecule has 186 valence electrons. The molecule has 0 aliphatic carbocycles. The summed E-state index contributed by atoms with van der Waals surface area (Å²) in [6, 6.07) is 6.19.